The Hall–Kier alpha value is -6.31. The molecule has 0 saturated heterocycles. The van der Waals surface area contributed by atoms with Crippen molar-refractivity contribution in [3.63, 3.8) is 0 Å². The van der Waals surface area contributed by atoms with E-state index in [-0.39, 0.29) is 0 Å². The lowest BCUT2D eigenvalue weighted by Crippen LogP contribution is -1.94. The van der Waals surface area contributed by atoms with E-state index in [9.17, 15) is 0 Å². The summed E-state index contributed by atoms with van der Waals surface area (Å²) in [6.45, 7) is 27.1. The van der Waals surface area contributed by atoms with Crippen molar-refractivity contribution < 1.29 is 0 Å². The zero-order valence-corrected chi connectivity index (χ0v) is 36.2. The number of hydrogen-bond donors (Lipinski definition) is 0. The number of fused-ring (bicyclic) bond motifs is 1. The second-order valence-electron chi connectivity index (χ2n) is 15.3. The number of aliphatic imine (C=N–C) groups is 1. The SMILES string of the molecule is C=C(C)c1ccc(C)cc1.C=C(N=C(C)c1ccccc1)c1ccccc1.Cc1cc(-c2ccccc2C)c(C)cc1/C=C\C(C)C.Cc1cccc2ccccc12. The summed E-state index contributed by atoms with van der Waals surface area (Å²) in [7, 11) is 0. The Bertz CT molecular complexity index is 2440. The van der Waals surface area contributed by atoms with Crippen LogP contribution in [0.4, 0.5) is 0 Å². The molecule has 0 fully saturated rings. The summed E-state index contributed by atoms with van der Waals surface area (Å²) in [5.74, 6) is 0.589. The van der Waals surface area contributed by atoms with Gasteiger partial charge in [-0.2, -0.15) is 0 Å². The first-order valence-corrected chi connectivity index (χ1v) is 20.2. The minimum atomic E-state index is 0.589. The van der Waals surface area contributed by atoms with Gasteiger partial charge in [0.15, 0.2) is 0 Å². The highest BCUT2D eigenvalue weighted by Crippen LogP contribution is 2.29. The second kappa shape index (κ2) is 22.4. The molecule has 0 aliphatic carbocycles. The summed E-state index contributed by atoms with van der Waals surface area (Å²) >= 11 is 0. The maximum atomic E-state index is 4.54. The number of benzene rings is 7. The normalized spacial score (nSPS) is 10.8. The maximum absolute atomic E-state index is 4.54. The molecule has 0 bridgehead atoms. The molecule has 1 nitrogen and oxygen atoms in total. The molecular formula is C57H61N. The summed E-state index contributed by atoms with van der Waals surface area (Å²) in [4.78, 5) is 4.54. The molecule has 0 unspecified atom stereocenters. The Morgan fingerprint density at radius 3 is 1.66 bits per heavy atom. The zero-order valence-electron chi connectivity index (χ0n) is 36.2. The van der Waals surface area contributed by atoms with E-state index in [1.165, 1.54) is 60.8 Å². The van der Waals surface area contributed by atoms with Gasteiger partial charge < -0.3 is 0 Å². The lowest BCUT2D eigenvalue weighted by molar-refractivity contribution is 0.836. The predicted octanol–water partition coefficient (Wildman–Crippen LogP) is 16.3. The van der Waals surface area contributed by atoms with Crippen LogP contribution in [0, 0.1) is 40.5 Å². The highest BCUT2D eigenvalue weighted by atomic mass is 14.7. The molecule has 0 saturated carbocycles. The third-order valence-electron chi connectivity index (χ3n) is 9.86. The Kier molecular flexibility index (Phi) is 17.2. The third kappa shape index (κ3) is 13.7. The molecule has 0 aliphatic heterocycles. The van der Waals surface area contributed by atoms with Crippen LogP contribution in [-0.2, 0) is 0 Å². The van der Waals surface area contributed by atoms with E-state index in [0.717, 1.165) is 28.1 Å². The second-order valence-corrected chi connectivity index (χ2v) is 15.3. The van der Waals surface area contributed by atoms with E-state index in [4.69, 9.17) is 0 Å². The van der Waals surface area contributed by atoms with Crippen molar-refractivity contribution in [1.82, 2.24) is 0 Å². The molecule has 0 spiro atoms. The smallest absolute Gasteiger partial charge is 0.0633 e. The number of nitrogens with zero attached hydrogens (tertiary/aromatic N) is 1. The monoisotopic (exact) mass is 759 g/mol. The van der Waals surface area contributed by atoms with E-state index < -0.39 is 0 Å². The number of allylic oxidation sites excluding steroid dienone is 2. The lowest BCUT2D eigenvalue weighted by atomic mass is 9.92. The highest BCUT2D eigenvalue weighted by molar-refractivity contribution is 6.01. The summed E-state index contributed by atoms with van der Waals surface area (Å²) in [6.07, 6.45) is 4.50. The van der Waals surface area contributed by atoms with Crippen molar-refractivity contribution in [2.45, 2.75) is 62.3 Å². The van der Waals surface area contributed by atoms with Crippen LogP contribution in [0.25, 0.3) is 39.2 Å². The van der Waals surface area contributed by atoms with Crippen LogP contribution in [0.5, 0.6) is 0 Å². The van der Waals surface area contributed by atoms with E-state index in [1.807, 2.05) is 62.4 Å². The van der Waals surface area contributed by atoms with E-state index in [0.29, 0.717) is 5.92 Å². The third-order valence-corrected chi connectivity index (χ3v) is 9.86. The minimum Gasteiger partial charge on any atom is -0.253 e. The average Bonchev–Trinajstić information content (AvgIpc) is 3.23. The van der Waals surface area contributed by atoms with Gasteiger partial charge in [0.25, 0.3) is 0 Å². The first-order valence-electron chi connectivity index (χ1n) is 20.2. The zero-order chi connectivity index (χ0) is 42.0. The van der Waals surface area contributed by atoms with E-state index >= 15 is 0 Å². The Morgan fingerprint density at radius 2 is 1.05 bits per heavy atom. The quantitative estimate of drug-likeness (QED) is 0.144. The summed E-state index contributed by atoms with van der Waals surface area (Å²) in [5.41, 5.74) is 17.0. The Labute approximate surface area is 349 Å². The minimum absolute atomic E-state index is 0.589. The molecule has 7 rings (SSSR count). The van der Waals surface area contributed by atoms with Gasteiger partial charge in [-0.3, -0.25) is 4.99 Å². The Balaban J connectivity index is 0.000000178. The van der Waals surface area contributed by atoms with Crippen LogP contribution in [-0.4, -0.2) is 5.71 Å². The summed E-state index contributed by atoms with van der Waals surface area (Å²) in [6, 6.07) is 56.6. The molecule has 0 radical (unpaired) electrons. The first kappa shape index (κ1) is 44.4. The van der Waals surface area contributed by atoms with Crippen LogP contribution in [0.3, 0.4) is 0 Å². The number of hydrogen-bond acceptors (Lipinski definition) is 1. The average molecular weight is 760 g/mol. The van der Waals surface area contributed by atoms with Crippen molar-refractivity contribution >= 4 is 33.8 Å². The van der Waals surface area contributed by atoms with Crippen LogP contribution in [0.1, 0.15) is 77.8 Å². The molecule has 0 N–H and O–H groups in total. The van der Waals surface area contributed by atoms with Gasteiger partial charge in [-0.05, 0) is 121 Å². The molecular weight excluding hydrogens is 699 g/mol. The first-order chi connectivity index (χ1) is 27.8. The van der Waals surface area contributed by atoms with Crippen LogP contribution in [0.15, 0.2) is 188 Å². The number of rotatable bonds is 7. The molecule has 1 heteroatoms. The van der Waals surface area contributed by atoms with Gasteiger partial charge in [-0.25, -0.2) is 0 Å². The van der Waals surface area contributed by atoms with Crippen LogP contribution < -0.4 is 0 Å². The van der Waals surface area contributed by atoms with Crippen LogP contribution >= 0.6 is 0 Å². The molecule has 58 heavy (non-hydrogen) atoms. The molecule has 0 heterocycles. The summed E-state index contributed by atoms with van der Waals surface area (Å²) < 4.78 is 0. The van der Waals surface area contributed by atoms with Gasteiger partial charge in [0.05, 0.1) is 5.70 Å². The van der Waals surface area contributed by atoms with Crippen molar-refractivity contribution in [3.05, 3.63) is 233 Å². The molecule has 0 amide bonds. The van der Waals surface area contributed by atoms with Gasteiger partial charge in [-0.15, -0.1) is 0 Å². The van der Waals surface area contributed by atoms with E-state index in [1.54, 1.807) is 0 Å². The van der Waals surface area contributed by atoms with Gasteiger partial charge in [0.1, 0.15) is 0 Å². The molecule has 0 aromatic heterocycles. The van der Waals surface area contributed by atoms with Crippen molar-refractivity contribution in [3.8, 4) is 11.1 Å². The summed E-state index contributed by atoms with van der Waals surface area (Å²) in [5, 5.41) is 2.68. The van der Waals surface area contributed by atoms with Gasteiger partial charge in [0.2, 0.25) is 0 Å². The fourth-order valence-electron chi connectivity index (χ4n) is 6.35. The predicted molar refractivity (Wildman–Crippen MR) is 259 cm³/mol. The molecule has 294 valence electrons. The standard InChI is InChI=1S/C20H24.C16H15N.C11H10.C10H12/c1-14(2)10-11-18-12-17(5)20(13-16(18)4)19-9-7-6-8-15(19)3;1-13(15-9-5-3-6-10-15)17-14(2)16-11-7-4-8-12-16;1-9-5-4-7-10-6-2-3-8-11(9)10;1-8(2)10-6-4-9(3)5-7-10/h6-14H,1-5H3;3-12H,1H2,2H3;2-8H,1H3;4-7H,1H2,2-3H3/b11-10-;;;. The Morgan fingerprint density at radius 1 is 0.500 bits per heavy atom. The molecule has 7 aromatic carbocycles. The number of aryl methyl sites for hydroxylation is 5. The molecule has 0 atom stereocenters. The largest absolute Gasteiger partial charge is 0.253 e. The molecule has 7 aromatic rings. The van der Waals surface area contributed by atoms with Gasteiger partial charge >= 0.3 is 0 Å². The molecule has 0 aliphatic rings. The topological polar surface area (TPSA) is 12.4 Å². The van der Waals surface area contributed by atoms with Gasteiger partial charge in [-0.1, -0.05) is 214 Å². The van der Waals surface area contributed by atoms with Crippen molar-refractivity contribution in [2.24, 2.45) is 10.9 Å². The fraction of sp³-hybridized carbons (Fsp3) is 0.175. The lowest BCUT2D eigenvalue weighted by Gasteiger charge is -2.13. The van der Waals surface area contributed by atoms with Crippen molar-refractivity contribution in [1.29, 1.82) is 0 Å². The maximum Gasteiger partial charge on any atom is 0.0633 e. The van der Waals surface area contributed by atoms with Gasteiger partial charge in [0, 0.05) is 5.71 Å². The highest BCUT2D eigenvalue weighted by Gasteiger charge is 2.07. The van der Waals surface area contributed by atoms with E-state index in [2.05, 4.69) is 194 Å². The van der Waals surface area contributed by atoms with Crippen LogP contribution in [0.2, 0.25) is 0 Å². The fourth-order valence-corrected chi connectivity index (χ4v) is 6.35. The van der Waals surface area contributed by atoms with Crippen molar-refractivity contribution in [2.75, 3.05) is 0 Å².